The summed E-state index contributed by atoms with van der Waals surface area (Å²) < 4.78 is 65.9. The minimum Gasteiger partial charge on any atom is -0.280 e. The molecule has 2 aromatic carbocycles. The molecule has 0 aromatic heterocycles. The number of anilines is 1. The lowest BCUT2D eigenvalue weighted by Gasteiger charge is -2.14. The molecule has 0 fully saturated rings. The molecule has 2 rings (SSSR count). The molecule has 0 saturated carbocycles. The van der Waals surface area contributed by atoms with Gasteiger partial charge in [-0.3, -0.25) is 4.72 Å². The van der Waals surface area contributed by atoms with Gasteiger partial charge in [0.05, 0.1) is 16.3 Å². The highest BCUT2D eigenvalue weighted by atomic mass is 35.5. The van der Waals surface area contributed by atoms with E-state index < -0.39 is 37.3 Å². The lowest BCUT2D eigenvalue weighted by Crippen LogP contribution is -2.23. The first-order chi connectivity index (χ1) is 11.9. The molecule has 0 amide bonds. The topological polar surface area (TPSA) is 83.6 Å². The second-order valence-corrected chi connectivity index (χ2v) is 10.2. The van der Waals surface area contributed by atoms with Gasteiger partial charge in [-0.2, -0.15) is 0 Å². The zero-order valence-corrected chi connectivity index (χ0v) is 16.8. The van der Waals surface area contributed by atoms with E-state index in [-0.39, 0.29) is 15.5 Å². The van der Waals surface area contributed by atoms with Crippen molar-refractivity contribution in [3.8, 4) is 0 Å². The van der Waals surface area contributed by atoms with Crippen molar-refractivity contribution in [2.45, 2.75) is 10.6 Å². The van der Waals surface area contributed by atoms with Gasteiger partial charge in [-0.05, 0) is 35.9 Å². The summed E-state index contributed by atoms with van der Waals surface area (Å²) in [5, 5.41) is 0.490. The van der Waals surface area contributed by atoms with Crippen LogP contribution in [0.2, 0.25) is 10.0 Å². The van der Waals surface area contributed by atoms with Crippen LogP contribution in [0.3, 0.4) is 0 Å². The number of benzene rings is 2. The minimum absolute atomic E-state index is 0.146. The van der Waals surface area contributed by atoms with Gasteiger partial charge in [0.2, 0.25) is 20.0 Å². The van der Waals surface area contributed by atoms with Crippen molar-refractivity contribution in [1.82, 2.24) is 4.31 Å². The fourth-order valence-electron chi connectivity index (χ4n) is 2.00. The Bertz CT molecular complexity index is 1040. The van der Waals surface area contributed by atoms with Gasteiger partial charge in [0.1, 0.15) is 5.82 Å². The summed E-state index contributed by atoms with van der Waals surface area (Å²) in [7, 11) is -5.28. The number of rotatable bonds is 6. The first kappa shape index (κ1) is 20.9. The van der Waals surface area contributed by atoms with Crippen LogP contribution < -0.4 is 4.72 Å². The molecule has 0 aliphatic rings. The van der Waals surface area contributed by atoms with E-state index in [1.807, 2.05) is 0 Å². The third kappa shape index (κ3) is 4.86. The van der Waals surface area contributed by atoms with Crippen molar-refractivity contribution in [3.05, 3.63) is 57.8 Å². The fourth-order valence-corrected chi connectivity index (χ4v) is 4.71. The maximum Gasteiger partial charge on any atom is 0.242 e. The second kappa shape index (κ2) is 7.69. The molecule has 0 bridgehead atoms. The Labute approximate surface area is 161 Å². The standard InChI is InChI=1S/C15H15Cl2FN2O4S2/c1-20(2)26(23,24)12-5-6-14(18)15(8-12)19-25(21,22)9-10-3-4-11(16)7-13(10)17/h3-8,19H,9H2,1-2H3. The first-order valence-corrected chi connectivity index (χ1v) is 10.9. The second-order valence-electron chi connectivity index (χ2n) is 5.53. The van der Waals surface area contributed by atoms with E-state index >= 15 is 0 Å². The molecule has 6 nitrogen and oxygen atoms in total. The fraction of sp³-hybridized carbons (Fsp3) is 0.200. The Morgan fingerprint density at radius 2 is 1.69 bits per heavy atom. The highest BCUT2D eigenvalue weighted by molar-refractivity contribution is 7.92. The SMILES string of the molecule is CN(C)S(=O)(=O)c1ccc(F)c(NS(=O)(=O)Cc2ccc(Cl)cc2Cl)c1. The molecule has 0 unspecified atom stereocenters. The quantitative estimate of drug-likeness (QED) is 0.746. The van der Waals surface area contributed by atoms with Gasteiger partial charge in [0.25, 0.3) is 0 Å². The Kier molecular flexibility index (Phi) is 6.19. The normalized spacial score (nSPS) is 12.4. The predicted octanol–water partition coefficient (Wildman–Crippen LogP) is 3.32. The summed E-state index contributed by atoms with van der Waals surface area (Å²) in [5.41, 5.74) is -0.209. The molecule has 0 spiro atoms. The minimum atomic E-state index is -4.05. The lowest BCUT2D eigenvalue weighted by molar-refractivity contribution is 0.520. The van der Waals surface area contributed by atoms with E-state index in [9.17, 15) is 21.2 Å². The summed E-state index contributed by atoms with van der Waals surface area (Å²) in [6.45, 7) is 0. The van der Waals surface area contributed by atoms with E-state index in [1.165, 1.54) is 32.3 Å². The summed E-state index contributed by atoms with van der Waals surface area (Å²) >= 11 is 11.7. The highest BCUT2D eigenvalue weighted by Crippen LogP contribution is 2.26. The highest BCUT2D eigenvalue weighted by Gasteiger charge is 2.21. The van der Waals surface area contributed by atoms with Crippen LogP contribution >= 0.6 is 23.2 Å². The van der Waals surface area contributed by atoms with Crippen LogP contribution in [0.4, 0.5) is 10.1 Å². The predicted molar refractivity (Wildman–Crippen MR) is 100.0 cm³/mol. The molecule has 0 atom stereocenters. The van der Waals surface area contributed by atoms with Crippen molar-refractivity contribution in [2.75, 3.05) is 18.8 Å². The number of nitrogens with zero attached hydrogens (tertiary/aromatic N) is 1. The Balaban J connectivity index is 2.34. The van der Waals surface area contributed by atoms with Gasteiger partial charge in [-0.15, -0.1) is 0 Å². The average Bonchev–Trinajstić information content (AvgIpc) is 2.51. The molecule has 0 saturated heterocycles. The number of sulfonamides is 2. The van der Waals surface area contributed by atoms with Crippen LogP contribution in [0.15, 0.2) is 41.3 Å². The van der Waals surface area contributed by atoms with E-state index in [0.29, 0.717) is 5.02 Å². The van der Waals surface area contributed by atoms with Crippen molar-refractivity contribution in [2.24, 2.45) is 0 Å². The zero-order valence-electron chi connectivity index (χ0n) is 13.7. The van der Waals surface area contributed by atoms with Crippen molar-refractivity contribution < 1.29 is 21.2 Å². The third-order valence-electron chi connectivity index (χ3n) is 3.34. The number of hydrogen-bond acceptors (Lipinski definition) is 4. The summed E-state index contributed by atoms with van der Waals surface area (Å²) in [4.78, 5) is -0.244. The maximum absolute atomic E-state index is 14.0. The maximum atomic E-state index is 14.0. The lowest BCUT2D eigenvalue weighted by atomic mass is 10.2. The van der Waals surface area contributed by atoms with Crippen LogP contribution in [-0.2, 0) is 25.8 Å². The van der Waals surface area contributed by atoms with Crippen LogP contribution in [0, 0.1) is 5.82 Å². The molecular formula is C15H15Cl2FN2O4S2. The van der Waals surface area contributed by atoms with Crippen LogP contribution in [-0.4, -0.2) is 35.2 Å². The van der Waals surface area contributed by atoms with Gasteiger partial charge in [0, 0.05) is 24.1 Å². The Morgan fingerprint density at radius 3 is 2.27 bits per heavy atom. The van der Waals surface area contributed by atoms with Crippen LogP contribution in [0.5, 0.6) is 0 Å². The monoisotopic (exact) mass is 440 g/mol. The van der Waals surface area contributed by atoms with E-state index in [2.05, 4.69) is 4.72 Å². The number of hydrogen-bond donors (Lipinski definition) is 1. The van der Waals surface area contributed by atoms with E-state index in [4.69, 9.17) is 23.2 Å². The first-order valence-electron chi connectivity index (χ1n) is 7.09. The van der Waals surface area contributed by atoms with Gasteiger partial charge in [-0.1, -0.05) is 29.3 Å². The molecule has 11 heteroatoms. The molecule has 26 heavy (non-hydrogen) atoms. The smallest absolute Gasteiger partial charge is 0.242 e. The Hall–Kier alpha value is -1.39. The van der Waals surface area contributed by atoms with Gasteiger partial charge in [0.15, 0.2) is 0 Å². The largest absolute Gasteiger partial charge is 0.280 e. The number of halogens is 3. The molecule has 0 aliphatic heterocycles. The van der Waals surface area contributed by atoms with Crippen LogP contribution in [0.1, 0.15) is 5.56 Å². The molecule has 0 aliphatic carbocycles. The molecular weight excluding hydrogens is 426 g/mol. The van der Waals surface area contributed by atoms with Crippen molar-refractivity contribution >= 4 is 48.9 Å². The van der Waals surface area contributed by atoms with Gasteiger partial charge in [-0.25, -0.2) is 25.5 Å². The van der Waals surface area contributed by atoms with Gasteiger partial charge < -0.3 is 0 Å². The molecule has 0 heterocycles. The summed E-state index contributed by atoms with van der Waals surface area (Å²) in [6, 6.07) is 7.16. The van der Waals surface area contributed by atoms with Crippen LogP contribution in [0.25, 0.3) is 0 Å². The summed E-state index contributed by atoms with van der Waals surface area (Å²) in [6.07, 6.45) is 0. The molecule has 142 valence electrons. The van der Waals surface area contributed by atoms with Crippen molar-refractivity contribution in [1.29, 1.82) is 0 Å². The Morgan fingerprint density at radius 1 is 1.04 bits per heavy atom. The number of nitrogens with one attached hydrogen (secondary N) is 1. The zero-order chi connectivity index (χ0) is 19.7. The summed E-state index contributed by atoms with van der Waals surface area (Å²) in [5.74, 6) is -1.44. The average molecular weight is 441 g/mol. The van der Waals surface area contributed by atoms with Gasteiger partial charge >= 0.3 is 0 Å². The molecule has 1 N–H and O–H groups in total. The third-order valence-corrected chi connectivity index (χ3v) is 6.96. The molecule has 2 aromatic rings. The van der Waals surface area contributed by atoms with Crippen molar-refractivity contribution in [3.63, 3.8) is 0 Å². The van der Waals surface area contributed by atoms with E-state index in [1.54, 1.807) is 0 Å². The van der Waals surface area contributed by atoms with E-state index in [0.717, 1.165) is 22.5 Å². The molecule has 0 radical (unpaired) electrons.